The molecule has 148 valence electrons. The summed E-state index contributed by atoms with van der Waals surface area (Å²) in [5, 5.41) is 5.46. The summed E-state index contributed by atoms with van der Waals surface area (Å²) in [6, 6.07) is 15.2. The molecular formula is C21H19FN4O2S. The Morgan fingerprint density at radius 3 is 2.34 bits per heavy atom. The van der Waals surface area contributed by atoms with E-state index in [0.29, 0.717) is 11.4 Å². The van der Waals surface area contributed by atoms with E-state index in [0.717, 1.165) is 5.56 Å². The molecule has 0 spiro atoms. The van der Waals surface area contributed by atoms with Crippen molar-refractivity contribution in [2.24, 2.45) is 0 Å². The van der Waals surface area contributed by atoms with Gasteiger partial charge in [0.1, 0.15) is 5.82 Å². The van der Waals surface area contributed by atoms with Crippen molar-refractivity contribution in [2.45, 2.75) is 13.0 Å². The number of rotatable bonds is 5. The highest BCUT2D eigenvalue weighted by atomic mass is 32.1. The van der Waals surface area contributed by atoms with Crippen LogP contribution in [0.3, 0.4) is 0 Å². The summed E-state index contributed by atoms with van der Waals surface area (Å²) in [4.78, 5) is 28.6. The first kappa shape index (κ1) is 20.3. The lowest BCUT2D eigenvalue weighted by Crippen LogP contribution is -2.35. The zero-order valence-electron chi connectivity index (χ0n) is 15.5. The molecule has 8 heteroatoms. The summed E-state index contributed by atoms with van der Waals surface area (Å²) in [5.41, 5.74) is 1.85. The SMILES string of the molecule is CC(NC(=O)N(S)c1ccc(NC(=O)c2ccccc2F)cc1)c1ccncc1. The zero-order chi connectivity index (χ0) is 20.8. The number of nitrogens with one attached hydrogen (secondary N) is 2. The van der Waals surface area contributed by atoms with E-state index < -0.39 is 17.8 Å². The molecule has 0 radical (unpaired) electrons. The van der Waals surface area contributed by atoms with E-state index in [1.807, 2.05) is 19.1 Å². The third-order valence-corrected chi connectivity index (χ3v) is 4.64. The summed E-state index contributed by atoms with van der Waals surface area (Å²) in [6.45, 7) is 1.86. The van der Waals surface area contributed by atoms with Gasteiger partial charge < -0.3 is 10.6 Å². The molecule has 3 rings (SSSR count). The molecule has 0 saturated heterocycles. The standard InChI is InChI=1S/C21H19FN4O2S/c1-14(15-10-12-23-13-11-15)24-21(28)26(29)17-8-6-16(7-9-17)25-20(27)18-4-2-3-5-19(18)22/h2-14,29H,1H3,(H,24,28)(H,25,27). The Hall–Kier alpha value is -3.39. The summed E-state index contributed by atoms with van der Waals surface area (Å²) in [6.07, 6.45) is 3.32. The van der Waals surface area contributed by atoms with Crippen LogP contribution < -0.4 is 14.9 Å². The molecule has 2 N–H and O–H groups in total. The Kier molecular flexibility index (Phi) is 6.46. The first-order valence-corrected chi connectivity index (χ1v) is 9.21. The van der Waals surface area contributed by atoms with E-state index in [2.05, 4.69) is 28.4 Å². The van der Waals surface area contributed by atoms with Gasteiger partial charge in [-0.2, -0.15) is 0 Å². The van der Waals surface area contributed by atoms with Gasteiger partial charge in [-0.1, -0.05) is 24.9 Å². The molecule has 0 aliphatic rings. The van der Waals surface area contributed by atoms with Gasteiger partial charge in [0.05, 0.1) is 17.3 Å². The van der Waals surface area contributed by atoms with Gasteiger partial charge in [-0.05, 0) is 61.0 Å². The van der Waals surface area contributed by atoms with Gasteiger partial charge in [-0.15, -0.1) is 0 Å². The van der Waals surface area contributed by atoms with Crippen molar-refractivity contribution < 1.29 is 14.0 Å². The summed E-state index contributed by atoms with van der Waals surface area (Å²) < 4.78 is 14.9. The number of pyridine rings is 1. The highest BCUT2D eigenvalue weighted by Crippen LogP contribution is 2.21. The fourth-order valence-electron chi connectivity index (χ4n) is 2.63. The van der Waals surface area contributed by atoms with E-state index in [-0.39, 0.29) is 11.6 Å². The second kappa shape index (κ2) is 9.20. The monoisotopic (exact) mass is 410 g/mol. The number of thiol groups is 1. The van der Waals surface area contributed by atoms with E-state index in [9.17, 15) is 14.0 Å². The highest BCUT2D eigenvalue weighted by Gasteiger charge is 2.16. The molecule has 1 atom stereocenters. The largest absolute Gasteiger partial charge is 0.332 e. The molecule has 0 fully saturated rings. The van der Waals surface area contributed by atoms with Gasteiger partial charge >= 0.3 is 6.03 Å². The average Bonchev–Trinajstić information content (AvgIpc) is 2.74. The Morgan fingerprint density at radius 1 is 1.03 bits per heavy atom. The fraction of sp³-hybridized carbons (Fsp3) is 0.0952. The first-order valence-electron chi connectivity index (χ1n) is 8.81. The molecule has 0 saturated carbocycles. The van der Waals surface area contributed by atoms with Crippen LogP contribution in [0.15, 0.2) is 73.1 Å². The number of hydrogen-bond acceptors (Lipinski definition) is 4. The molecule has 2 aromatic carbocycles. The molecule has 0 aliphatic carbocycles. The molecule has 1 aromatic heterocycles. The topological polar surface area (TPSA) is 74.3 Å². The molecule has 1 unspecified atom stereocenters. The van der Waals surface area contributed by atoms with Crippen molar-refractivity contribution in [3.8, 4) is 0 Å². The lowest BCUT2D eigenvalue weighted by Gasteiger charge is -2.20. The number of benzene rings is 2. The molecule has 0 aliphatic heterocycles. The third kappa shape index (κ3) is 5.11. The van der Waals surface area contributed by atoms with Gasteiger partial charge in [0.15, 0.2) is 0 Å². The number of carbonyl (C=O) groups excluding carboxylic acids is 2. The van der Waals surface area contributed by atoms with Crippen molar-refractivity contribution in [2.75, 3.05) is 9.62 Å². The van der Waals surface area contributed by atoms with Crippen molar-refractivity contribution in [1.82, 2.24) is 10.3 Å². The minimum atomic E-state index is -0.594. The van der Waals surface area contributed by atoms with Gasteiger partial charge in [0.25, 0.3) is 5.91 Å². The molecule has 6 nitrogen and oxygen atoms in total. The summed E-state index contributed by atoms with van der Waals surface area (Å²) in [7, 11) is 0. The minimum absolute atomic E-state index is 0.0446. The fourth-order valence-corrected chi connectivity index (χ4v) is 2.82. The number of hydrogen-bond donors (Lipinski definition) is 3. The number of urea groups is 1. The van der Waals surface area contributed by atoms with Crippen LogP contribution in [-0.4, -0.2) is 16.9 Å². The van der Waals surface area contributed by atoms with Crippen LogP contribution in [0, 0.1) is 5.82 Å². The van der Waals surface area contributed by atoms with Crippen LogP contribution in [0.5, 0.6) is 0 Å². The number of nitrogens with zero attached hydrogens (tertiary/aromatic N) is 2. The van der Waals surface area contributed by atoms with E-state index in [4.69, 9.17) is 0 Å². The normalized spacial score (nSPS) is 11.4. The second-order valence-electron chi connectivity index (χ2n) is 6.24. The van der Waals surface area contributed by atoms with Gasteiger partial charge in [-0.3, -0.25) is 9.78 Å². The molecule has 0 bridgehead atoms. The Morgan fingerprint density at radius 2 is 1.69 bits per heavy atom. The van der Waals surface area contributed by atoms with Gasteiger partial charge in [0, 0.05) is 18.1 Å². The molecule has 3 amide bonds. The van der Waals surface area contributed by atoms with Gasteiger partial charge in [-0.25, -0.2) is 13.5 Å². The quantitative estimate of drug-likeness (QED) is 0.539. The minimum Gasteiger partial charge on any atom is -0.330 e. The van der Waals surface area contributed by atoms with Crippen LogP contribution in [0.1, 0.15) is 28.9 Å². The van der Waals surface area contributed by atoms with Crippen LogP contribution in [0.25, 0.3) is 0 Å². The Labute approximate surface area is 173 Å². The smallest absolute Gasteiger partial charge is 0.330 e. The van der Waals surface area contributed by atoms with Crippen molar-refractivity contribution in [3.05, 3.63) is 90.0 Å². The van der Waals surface area contributed by atoms with E-state index in [1.165, 1.54) is 22.5 Å². The molecule has 3 aromatic rings. The van der Waals surface area contributed by atoms with Crippen molar-refractivity contribution in [1.29, 1.82) is 0 Å². The average molecular weight is 410 g/mol. The Balaban J connectivity index is 1.62. The summed E-state index contributed by atoms with van der Waals surface area (Å²) in [5.74, 6) is -1.15. The zero-order valence-corrected chi connectivity index (χ0v) is 16.4. The number of halogens is 1. The first-order chi connectivity index (χ1) is 14.0. The second-order valence-corrected chi connectivity index (χ2v) is 6.64. The van der Waals surface area contributed by atoms with Crippen LogP contribution in [0.4, 0.5) is 20.6 Å². The predicted octanol–water partition coefficient (Wildman–Crippen LogP) is 4.60. The van der Waals surface area contributed by atoms with Crippen LogP contribution in [-0.2, 0) is 0 Å². The number of carbonyl (C=O) groups is 2. The van der Waals surface area contributed by atoms with Crippen molar-refractivity contribution >= 4 is 36.1 Å². The predicted molar refractivity (Wildman–Crippen MR) is 113 cm³/mol. The van der Waals surface area contributed by atoms with Crippen LogP contribution >= 0.6 is 12.8 Å². The lowest BCUT2D eigenvalue weighted by atomic mass is 10.1. The van der Waals surface area contributed by atoms with E-state index in [1.54, 1.807) is 42.7 Å². The van der Waals surface area contributed by atoms with Gasteiger partial charge in [0.2, 0.25) is 0 Å². The maximum absolute atomic E-state index is 13.7. The maximum atomic E-state index is 13.7. The third-order valence-electron chi connectivity index (χ3n) is 4.23. The van der Waals surface area contributed by atoms with Crippen molar-refractivity contribution in [3.63, 3.8) is 0 Å². The number of amides is 3. The Bertz CT molecular complexity index is 999. The molecule has 29 heavy (non-hydrogen) atoms. The maximum Gasteiger partial charge on any atom is 0.332 e. The lowest BCUT2D eigenvalue weighted by molar-refractivity contribution is 0.102. The molecule has 1 heterocycles. The van der Waals surface area contributed by atoms with E-state index >= 15 is 0 Å². The number of anilines is 2. The number of aromatic nitrogens is 1. The summed E-state index contributed by atoms with van der Waals surface area (Å²) >= 11 is 4.25. The highest BCUT2D eigenvalue weighted by molar-refractivity contribution is 7.82. The molecular weight excluding hydrogens is 391 g/mol. The van der Waals surface area contributed by atoms with Crippen LogP contribution in [0.2, 0.25) is 0 Å².